The molecule has 1 atom stereocenters. The summed E-state index contributed by atoms with van der Waals surface area (Å²) in [7, 11) is 1.26. The SMILES string of the molecule is COC(=O)[C@H](CCBr)OC(C)=O. The summed E-state index contributed by atoms with van der Waals surface area (Å²) in [5, 5.41) is 0.583. The van der Waals surface area contributed by atoms with Crippen LogP contribution in [0.2, 0.25) is 0 Å². The average Bonchev–Trinajstić information content (AvgIpc) is 2.01. The average molecular weight is 239 g/mol. The van der Waals surface area contributed by atoms with Crippen LogP contribution in [0.5, 0.6) is 0 Å². The summed E-state index contributed by atoms with van der Waals surface area (Å²) in [6.45, 7) is 1.25. The minimum Gasteiger partial charge on any atom is -0.466 e. The normalized spacial score (nSPS) is 11.9. The van der Waals surface area contributed by atoms with Crippen LogP contribution in [0.1, 0.15) is 13.3 Å². The van der Waals surface area contributed by atoms with E-state index in [2.05, 4.69) is 20.7 Å². The Morgan fingerprint density at radius 2 is 2.08 bits per heavy atom. The molecule has 0 aliphatic heterocycles. The summed E-state index contributed by atoms with van der Waals surface area (Å²) in [5.41, 5.74) is 0. The molecule has 0 saturated carbocycles. The van der Waals surface area contributed by atoms with Crippen molar-refractivity contribution in [3.63, 3.8) is 0 Å². The highest BCUT2D eigenvalue weighted by molar-refractivity contribution is 9.09. The van der Waals surface area contributed by atoms with Gasteiger partial charge in [-0.3, -0.25) is 4.79 Å². The molecule has 0 aromatic rings. The largest absolute Gasteiger partial charge is 0.466 e. The topological polar surface area (TPSA) is 52.6 Å². The van der Waals surface area contributed by atoms with Crippen LogP contribution >= 0.6 is 15.9 Å². The van der Waals surface area contributed by atoms with Gasteiger partial charge in [0.1, 0.15) is 0 Å². The van der Waals surface area contributed by atoms with E-state index in [1.807, 2.05) is 0 Å². The predicted octanol–water partition coefficient (Wildman–Crippen LogP) is 0.876. The zero-order chi connectivity index (χ0) is 9.56. The monoisotopic (exact) mass is 238 g/mol. The molecular formula is C7H11BrO4. The number of hydrogen-bond donors (Lipinski definition) is 0. The van der Waals surface area contributed by atoms with Gasteiger partial charge in [-0.15, -0.1) is 0 Å². The molecule has 0 spiro atoms. The first-order valence-corrected chi connectivity index (χ1v) is 4.55. The first kappa shape index (κ1) is 11.4. The number of rotatable bonds is 4. The van der Waals surface area contributed by atoms with Crippen molar-refractivity contribution in [2.75, 3.05) is 12.4 Å². The molecule has 0 saturated heterocycles. The van der Waals surface area contributed by atoms with E-state index in [0.717, 1.165) is 0 Å². The predicted molar refractivity (Wildman–Crippen MR) is 46.0 cm³/mol. The van der Waals surface area contributed by atoms with Crippen LogP contribution < -0.4 is 0 Å². The number of halogens is 1. The molecule has 0 aliphatic carbocycles. The second kappa shape index (κ2) is 5.99. The number of ether oxygens (including phenoxy) is 2. The summed E-state index contributed by atoms with van der Waals surface area (Å²) < 4.78 is 9.13. The van der Waals surface area contributed by atoms with Crippen LogP contribution in [-0.4, -0.2) is 30.5 Å². The van der Waals surface area contributed by atoms with Crippen molar-refractivity contribution >= 4 is 27.9 Å². The van der Waals surface area contributed by atoms with Crippen LogP contribution in [0.4, 0.5) is 0 Å². The van der Waals surface area contributed by atoms with E-state index in [4.69, 9.17) is 4.74 Å². The van der Waals surface area contributed by atoms with Crippen molar-refractivity contribution in [3.8, 4) is 0 Å². The fourth-order valence-electron chi connectivity index (χ4n) is 0.656. The second-order valence-corrected chi connectivity index (χ2v) is 2.89. The number of carbonyl (C=O) groups is 2. The molecule has 4 nitrogen and oxygen atoms in total. The van der Waals surface area contributed by atoms with Gasteiger partial charge >= 0.3 is 11.9 Å². The maximum Gasteiger partial charge on any atom is 0.347 e. The van der Waals surface area contributed by atoms with E-state index in [1.165, 1.54) is 14.0 Å². The van der Waals surface area contributed by atoms with Crippen molar-refractivity contribution in [1.82, 2.24) is 0 Å². The Balaban J connectivity index is 4.02. The first-order chi connectivity index (χ1) is 5.61. The third-order valence-electron chi connectivity index (χ3n) is 1.14. The lowest BCUT2D eigenvalue weighted by atomic mass is 10.3. The Labute approximate surface area is 79.3 Å². The molecule has 0 aromatic heterocycles. The van der Waals surface area contributed by atoms with Crippen molar-refractivity contribution in [3.05, 3.63) is 0 Å². The number of methoxy groups -OCH3 is 1. The van der Waals surface area contributed by atoms with Gasteiger partial charge in [-0.25, -0.2) is 4.79 Å². The standard InChI is InChI=1S/C7H11BrO4/c1-5(9)12-6(3-4-8)7(10)11-2/h6H,3-4H2,1-2H3/t6-/m0/s1. The van der Waals surface area contributed by atoms with E-state index in [-0.39, 0.29) is 0 Å². The lowest BCUT2D eigenvalue weighted by Crippen LogP contribution is -2.27. The number of alkyl halides is 1. The molecule has 0 aromatic carbocycles. The van der Waals surface area contributed by atoms with E-state index in [0.29, 0.717) is 11.8 Å². The smallest absolute Gasteiger partial charge is 0.347 e. The maximum absolute atomic E-state index is 10.9. The van der Waals surface area contributed by atoms with Gasteiger partial charge in [0.25, 0.3) is 0 Å². The highest BCUT2D eigenvalue weighted by Crippen LogP contribution is 2.03. The zero-order valence-electron chi connectivity index (χ0n) is 7.00. The molecule has 0 amide bonds. The van der Waals surface area contributed by atoms with Gasteiger partial charge in [-0.05, 0) is 0 Å². The van der Waals surface area contributed by atoms with E-state index < -0.39 is 18.0 Å². The van der Waals surface area contributed by atoms with Crippen LogP contribution in [0.15, 0.2) is 0 Å². The van der Waals surface area contributed by atoms with Crippen molar-refractivity contribution < 1.29 is 19.1 Å². The van der Waals surface area contributed by atoms with Gasteiger partial charge in [0, 0.05) is 18.7 Å². The van der Waals surface area contributed by atoms with Gasteiger partial charge in [-0.2, -0.15) is 0 Å². The molecule has 70 valence electrons. The van der Waals surface area contributed by atoms with Crippen molar-refractivity contribution in [1.29, 1.82) is 0 Å². The van der Waals surface area contributed by atoms with Crippen LogP contribution in [0, 0.1) is 0 Å². The summed E-state index contributed by atoms with van der Waals surface area (Å²) in [4.78, 5) is 21.4. The molecule has 0 heterocycles. The highest BCUT2D eigenvalue weighted by Gasteiger charge is 2.20. The quantitative estimate of drug-likeness (QED) is 0.539. The number of hydrogen-bond acceptors (Lipinski definition) is 4. The Morgan fingerprint density at radius 1 is 1.50 bits per heavy atom. The Kier molecular flexibility index (Phi) is 5.70. The van der Waals surface area contributed by atoms with Crippen molar-refractivity contribution in [2.45, 2.75) is 19.4 Å². The van der Waals surface area contributed by atoms with Gasteiger partial charge in [0.2, 0.25) is 0 Å². The van der Waals surface area contributed by atoms with Crippen LogP contribution in [0.25, 0.3) is 0 Å². The lowest BCUT2D eigenvalue weighted by Gasteiger charge is -2.12. The second-order valence-electron chi connectivity index (χ2n) is 2.10. The van der Waals surface area contributed by atoms with E-state index in [1.54, 1.807) is 0 Å². The van der Waals surface area contributed by atoms with E-state index in [9.17, 15) is 9.59 Å². The van der Waals surface area contributed by atoms with E-state index >= 15 is 0 Å². The molecule has 0 aliphatic rings. The highest BCUT2D eigenvalue weighted by atomic mass is 79.9. The van der Waals surface area contributed by atoms with Crippen molar-refractivity contribution in [2.24, 2.45) is 0 Å². The molecule has 12 heavy (non-hydrogen) atoms. The lowest BCUT2D eigenvalue weighted by molar-refractivity contribution is -0.164. The number of carbonyl (C=O) groups excluding carboxylic acids is 2. The fourth-order valence-corrected chi connectivity index (χ4v) is 1.07. The molecular weight excluding hydrogens is 228 g/mol. The minimum absolute atomic E-state index is 0.423. The molecule has 0 bridgehead atoms. The minimum atomic E-state index is -0.785. The third kappa shape index (κ3) is 4.33. The molecule has 0 fully saturated rings. The summed E-state index contributed by atoms with van der Waals surface area (Å²) >= 11 is 3.14. The molecule has 0 N–H and O–H groups in total. The molecule has 0 radical (unpaired) electrons. The fraction of sp³-hybridized carbons (Fsp3) is 0.714. The van der Waals surface area contributed by atoms with Crippen LogP contribution in [0.3, 0.4) is 0 Å². The first-order valence-electron chi connectivity index (χ1n) is 3.42. The Bertz CT molecular complexity index is 169. The summed E-state index contributed by atoms with van der Waals surface area (Å²) in [6, 6.07) is 0. The maximum atomic E-state index is 10.9. The molecule has 0 rings (SSSR count). The Morgan fingerprint density at radius 3 is 2.42 bits per heavy atom. The van der Waals surface area contributed by atoms with Gasteiger partial charge in [0.15, 0.2) is 6.10 Å². The number of esters is 2. The van der Waals surface area contributed by atoms with Crippen LogP contribution in [-0.2, 0) is 19.1 Å². The zero-order valence-corrected chi connectivity index (χ0v) is 8.59. The Hall–Kier alpha value is -0.580. The third-order valence-corrected chi connectivity index (χ3v) is 1.60. The van der Waals surface area contributed by atoms with Gasteiger partial charge in [0.05, 0.1) is 7.11 Å². The van der Waals surface area contributed by atoms with Gasteiger partial charge in [-0.1, -0.05) is 15.9 Å². The summed E-state index contributed by atoms with van der Waals surface area (Å²) in [6.07, 6.45) is -0.362. The molecule has 5 heteroatoms. The molecule has 0 unspecified atom stereocenters. The van der Waals surface area contributed by atoms with Gasteiger partial charge < -0.3 is 9.47 Å². The summed E-state index contributed by atoms with van der Waals surface area (Å²) in [5.74, 6) is -1.00.